The lowest BCUT2D eigenvalue weighted by Crippen LogP contribution is -2.27. The molecule has 0 bridgehead atoms. The first-order valence-electron chi connectivity index (χ1n) is 7.74. The highest BCUT2D eigenvalue weighted by Crippen LogP contribution is 2.23. The number of rotatable bonds is 4. The SMILES string of the molecule is Cc1ccc(Cl)cc1Nc1ccc(C(=O)N(C)c2ccccc2)nn1. The van der Waals surface area contributed by atoms with Crippen molar-refractivity contribution in [3.05, 3.63) is 76.9 Å². The monoisotopic (exact) mass is 352 g/mol. The van der Waals surface area contributed by atoms with Crippen LogP contribution in [0.1, 0.15) is 16.1 Å². The van der Waals surface area contributed by atoms with Gasteiger partial charge in [-0.1, -0.05) is 35.9 Å². The fourth-order valence-corrected chi connectivity index (χ4v) is 2.49. The van der Waals surface area contributed by atoms with E-state index < -0.39 is 0 Å². The van der Waals surface area contributed by atoms with Crippen LogP contribution in [0.4, 0.5) is 17.2 Å². The summed E-state index contributed by atoms with van der Waals surface area (Å²) >= 11 is 6.02. The Kier molecular flexibility index (Phi) is 4.95. The minimum absolute atomic E-state index is 0.218. The molecule has 1 aromatic heterocycles. The standard InChI is InChI=1S/C19H17ClN4O/c1-13-8-9-14(20)12-17(13)21-18-11-10-16(22-23-18)19(25)24(2)15-6-4-3-5-7-15/h3-12H,1-2H3,(H,21,23). The second-order valence-electron chi connectivity index (χ2n) is 5.59. The summed E-state index contributed by atoms with van der Waals surface area (Å²) in [6.45, 7) is 1.97. The van der Waals surface area contributed by atoms with Crippen molar-refractivity contribution in [2.75, 3.05) is 17.3 Å². The van der Waals surface area contributed by atoms with Crippen molar-refractivity contribution in [2.45, 2.75) is 6.92 Å². The molecule has 25 heavy (non-hydrogen) atoms. The summed E-state index contributed by atoms with van der Waals surface area (Å²) in [5.41, 5.74) is 2.96. The zero-order valence-corrected chi connectivity index (χ0v) is 14.7. The van der Waals surface area contributed by atoms with Gasteiger partial charge in [-0.25, -0.2) is 0 Å². The Morgan fingerprint density at radius 2 is 1.80 bits per heavy atom. The molecule has 0 spiro atoms. The number of amides is 1. The normalized spacial score (nSPS) is 10.4. The molecule has 6 heteroatoms. The van der Waals surface area contributed by atoms with Crippen LogP contribution in [0, 0.1) is 6.92 Å². The van der Waals surface area contributed by atoms with Crippen molar-refractivity contribution in [3.8, 4) is 0 Å². The first kappa shape index (κ1) is 16.9. The highest BCUT2D eigenvalue weighted by molar-refractivity contribution is 6.30. The van der Waals surface area contributed by atoms with Crippen molar-refractivity contribution in [1.82, 2.24) is 10.2 Å². The Bertz CT molecular complexity index is 882. The second-order valence-corrected chi connectivity index (χ2v) is 6.02. The van der Waals surface area contributed by atoms with E-state index in [4.69, 9.17) is 11.6 Å². The molecular formula is C19H17ClN4O. The topological polar surface area (TPSA) is 58.1 Å². The van der Waals surface area contributed by atoms with Gasteiger partial charge >= 0.3 is 0 Å². The van der Waals surface area contributed by atoms with Crippen LogP contribution in [0.5, 0.6) is 0 Å². The summed E-state index contributed by atoms with van der Waals surface area (Å²) in [6, 6.07) is 18.3. The number of benzene rings is 2. The van der Waals surface area contributed by atoms with Crippen LogP contribution in [-0.2, 0) is 0 Å². The number of carbonyl (C=O) groups excluding carboxylic acids is 1. The third kappa shape index (κ3) is 3.95. The van der Waals surface area contributed by atoms with E-state index in [0.717, 1.165) is 16.9 Å². The molecule has 1 N–H and O–H groups in total. The van der Waals surface area contributed by atoms with Gasteiger partial charge in [0.1, 0.15) is 0 Å². The number of para-hydroxylation sites is 1. The number of halogens is 1. The van der Waals surface area contributed by atoms with Crippen LogP contribution in [-0.4, -0.2) is 23.2 Å². The lowest BCUT2D eigenvalue weighted by molar-refractivity contribution is 0.0987. The van der Waals surface area contributed by atoms with Gasteiger partial charge in [0.25, 0.3) is 5.91 Å². The fraction of sp³-hybridized carbons (Fsp3) is 0.105. The summed E-state index contributed by atoms with van der Waals surface area (Å²) in [5, 5.41) is 11.9. The number of hydrogen-bond acceptors (Lipinski definition) is 4. The maximum Gasteiger partial charge on any atom is 0.278 e. The predicted octanol–water partition coefficient (Wildman–Crippen LogP) is 4.46. The van der Waals surface area contributed by atoms with Gasteiger partial charge < -0.3 is 10.2 Å². The van der Waals surface area contributed by atoms with Gasteiger partial charge in [0.2, 0.25) is 0 Å². The number of nitrogens with one attached hydrogen (secondary N) is 1. The molecular weight excluding hydrogens is 336 g/mol. The van der Waals surface area contributed by atoms with Crippen molar-refractivity contribution in [2.24, 2.45) is 0 Å². The molecule has 0 aliphatic carbocycles. The van der Waals surface area contributed by atoms with Gasteiger partial charge in [0, 0.05) is 23.4 Å². The Labute approximate surface area is 151 Å². The molecule has 0 unspecified atom stereocenters. The van der Waals surface area contributed by atoms with E-state index in [2.05, 4.69) is 15.5 Å². The average molecular weight is 353 g/mol. The first-order chi connectivity index (χ1) is 12.0. The second kappa shape index (κ2) is 7.32. The minimum atomic E-state index is -0.218. The van der Waals surface area contributed by atoms with Crippen molar-refractivity contribution < 1.29 is 4.79 Å². The molecule has 3 rings (SSSR count). The zero-order valence-electron chi connectivity index (χ0n) is 13.9. The van der Waals surface area contributed by atoms with E-state index in [1.54, 1.807) is 19.2 Å². The smallest absolute Gasteiger partial charge is 0.278 e. The molecule has 5 nitrogen and oxygen atoms in total. The van der Waals surface area contributed by atoms with Gasteiger partial charge in [-0.15, -0.1) is 10.2 Å². The molecule has 3 aromatic rings. The van der Waals surface area contributed by atoms with E-state index in [9.17, 15) is 4.79 Å². The van der Waals surface area contributed by atoms with E-state index in [0.29, 0.717) is 10.8 Å². The molecule has 0 radical (unpaired) electrons. The van der Waals surface area contributed by atoms with Gasteiger partial charge in [-0.2, -0.15) is 0 Å². The van der Waals surface area contributed by atoms with Gasteiger partial charge in [-0.3, -0.25) is 4.79 Å². The average Bonchev–Trinajstić information content (AvgIpc) is 2.65. The van der Waals surface area contributed by atoms with E-state index in [-0.39, 0.29) is 11.6 Å². The van der Waals surface area contributed by atoms with Gasteiger partial charge in [0.15, 0.2) is 11.5 Å². The number of aryl methyl sites for hydroxylation is 1. The van der Waals surface area contributed by atoms with Crippen LogP contribution in [0.25, 0.3) is 0 Å². The molecule has 0 fully saturated rings. The molecule has 0 saturated heterocycles. The third-order valence-corrected chi connectivity index (χ3v) is 4.03. The molecule has 126 valence electrons. The molecule has 0 aliphatic rings. The maximum atomic E-state index is 12.5. The summed E-state index contributed by atoms with van der Waals surface area (Å²) in [6.07, 6.45) is 0. The highest BCUT2D eigenvalue weighted by Gasteiger charge is 2.15. The van der Waals surface area contributed by atoms with Crippen LogP contribution in [0.3, 0.4) is 0 Å². The number of anilines is 3. The molecule has 2 aromatic carbocycles. The fourth-order valence-electron chi connectivity index (χ4n) is 2.32. The molecule has 0 atom stereocenters. The molecule has 1 amide bonds. The minimum Gasteiger partial charge on any atom is -0.338 e. The van der Waals surface area contributed by atoms with Gasteiger partial charge in [0.05, 0.1) is 0 Å². The van der Waals surface area contributed by atoms with E-state index in [1.165, 1.54) is 4.90 Å². The van der Waals surface area contributed by atoms with E-state index in [1.807, 2.05) is 55.5 Å². The summed E-state index contributed by atoms with van der Waals surface area (Å²) in [4.78, 5) is 14.0. The van der Waals surface area contributed by atoms with Crippen molar-refractivity contribution >= 4 is 34.7 Å². The number of hydrogen-bond donors (Lipinski definition) is 1. The molecule has 1 heterocycles. The van der Waals surface area contributed by atoms with Crippen LogP contribution < -0.4 is 10.2 Å². The van der Waals surface area contributed by atoms with E-state index >= 15 is 0 Å². The zero-order chi connectivity index (χ0) is 17.8. The van der Waals surface area contributed by atoms with Crippen molar-refractivity contribution in [1.29, 1.82) is 0 Å². The van der Waals surface area contributed by atoms with Crippen LogP contribution in [0.2, 0.25) is 5.02 Å². The Morgan fingerprint density at radius 3 is 2.48 bits per heavy atom. The number of nitrogens with zero attached hydrogens (tertiary/aromatic N) is 3. The molecule has 0 saturated carbocycles. The van der Waals surface area contributed by atoms with Crippen LogP contribution in [0.15, 0.2) is 60.7 Å². The number of aromatic nitrogens is 2. The summed E-state index contributed by atoms with van der Waals surface area (Å²) in [7, 11) is 1.71. The van der Waals surface area contributed by atoms with Crippen molar-refractivity contribution in [3.63, 3.8) is 0 Å². The quantitative estimate of drug-likeness (QED) is 0.753. The lowest BCUT2D eigenvalue weighted by atomic mass is 10.2. The Balaban J connectivity index is 1.76. The molecule has 0 aliphatic heterocycles. The number of carbonyl (C=O) groups is 1. The lowest BCUT2D eigenvalue weighted by Gasteiger charge is -2.16. The van der Waals surface area contributed by atoms with Crippen LogP contribution >= 0.6 is 11.6 Å². The Hall–Kier alpha value is -2.92. The third-order valence-electron chi connectivity index (χ3n) is 3.79. The highest BCUT2D eigenvalue weighted by atomic mass is 35.5. The Morgan fingerprint density at radius 1 is 1.04 bits per heavy atom. The maximum absolute atomic E-state index is 12.5. The summed E-state index contributed by atoms with van der Waals surface area (Å²) in [5.74, 6) is 0.327. The summed E-state index contributed by atoms with van der Waals surface area (Å²) < 4.78 is 0. The first-order valence-corrected chi connectivity index (χ1v) is 8.12. The largest absolute Gasteiger partial charge is 0.338 e. The van der Waals surface area contributed by atoms with Gasteiger partial charge in [-0.05, 0) is 48.9 Å². The predicted molar refractivity (Wildman–Crippen MR) is 101 cm³/mol.